The van der Waals surface area contributed by atoms with Crippen LogP contribution >= 0.6 is 11.3 Å². The van der Waals surface area contributed by atoms with E-state index in [-0.39, 0.29) is 0 Å². The molecule has 10 rings (SSSR count). The van der Waals surface area contributed by atoms with Crippen molar-refractivity contribution in [3.8, 4) is 45.3 Å². The molecule has 0 aliphatic rings. The first kappa shape index (κ1) is 27.0. The van der Waals surface area contributed by atoms with Crippen LogP contribution in [0.25, 0.3) is 98.2 Å². The largest absolute Gasteiger partial charge is 0.456 e. The van der Waals surface area contributed by atoms with Gasteiger partial charge in [0.1, 0.15) is 11.2 Å². The maximum atomic E-state index is 6.69. The van der Waals surface area contributed by atoms with Crippen LogP contribution in [0, 0.1) is 0 Å². The molecule has 10 aromatic rings. The van der Waals surface area contributed by atoms with Gasteiger partial charge in [-0.05, 0) is 52.7 Å². The monoisotopic (exact) mass is 631 g/mol. The van der Waals surface area contributed by atoms with Gasteiger partial charge in [-0.2, -0.15) is 0 Å². The zero-order chi connectivity index (χ0) is 31.6. The Morgan fingerprint density at radius 2 is 1.00 bits per heavy atom. The van der Waals surface area contributed by atoms with Gasteiger partial charge in [-0.25, -0.2) is 15.0 Å². The molecule has 0 aliphatic heterocycles. The van der Waals surface area contributed by atoms with Crippen molar-refractivity contribution < 1.29 is 4.42 Å². The third-order valence-corrected chi connectivity index (χ3v) is 10.3. The van der Waals surface area contributed by atoms with E-state index in [4.69, 9.17) is 19.4 Å². The predicted molar refractivity (Wildman–Crippen MR) is 199 cm³/mol. The van der Waals surface area contributed by atoms with Gasteiger partial charge in [-0.3, -0.25) is 0 Å². The Labute approximate surface area is 279 Å². The van der Waals surface area contributed by atoms with Crippen LogP contribution in [0.1, 0.15) is 0 Å². The van der Waals surface area contributed by atoms with Gasteiger partial charge in [0.15, 0.2) is 17.5 Å². The maximum Gasteiger partial charge on any atom is 0.164 e. The lowest BCUT2D eigenvalue weighted by molar-refractivity contribution is 0.669. The Morgan fingerprint density at radius 3 is 1.75 bits per heavy atom. The van der Waals surface area contributed by atoms with Gasteiger partial charge in [0, 0.05) is 53.2 Å². The summed E-state index contributed by atoms with van der Waals surface area (Å²) in [4.78, 5) is 14.8. The number of nitrogens with zero attached hydrogens (tertiary/aromatic N) is 3. The van der Waals surface area contributed by atoms with Crippen molar-refractivity contribution in [2.75, 3.05) is 0 Å². The quantitative estimate of drug-likeness (QED) is 0.194. The second-order valence-electron chi connectivity index (χ2n) is 12.0. The molecule has 0 radical (unpaired) electrons. The second-order valence-corrected chi connectivity index (χ2v) is 13.1. The number of benzene rings is 7. The zero-order valence-electron chi connectivity index (χ0n) is 25.6. The second kappa shape index (κ2) is 10.7. The van der Waals surface area contributed by atoms with Crippen molar-refractivity contribution in [2.24, 2.45) is 0 Å². The van der Waals surface area contributed by atoms with Crippen LogP contribution in [-0.2, 0) is 0 Å². The molecule has 0 atom stereocenters. The molecule has 0 fully saturated rings. The van der Waals surface area contributed by atoms with Gasteiger partial charge in [-0.15, -0.1) is 11.3 Å². The van der Waals surface area contributed by atoms with Crippen molar-refractivity contribution in [2.45, 2.75) is 0 Å². The summed E-state index contributed by atoms with van der Waals surface area (Å²) in [5.41, 5.74) is 6.77. The van der Waals surface area contributed by atoms with Crippen LogP contribution < -0.4 is 0 Å². The van der Waals surface area contributed by atoms with Gasteiger partial charge in [0.2, 0.25) is 0 Å². The summed E-state index contributed by atoms with van der Waals surface area (Å²) in [6.07, 6.45) is 0. The summed E-state index contributed by atoms with van der Waals surface area (Å²) in [6, 6.07) is 52.7. The van der Waals surface area contributed by atoms with Crippen LogP contribution in [0.2, 0.25) is 0 Å². The predicted octanol–water partition coefficient (Wildman–Crippen LogP) is 12.0. The van der Waals surface area contributed by atoms with Gasteiger partial charge < -0.3 is 4.42 Å². The molecule has 3 heterocycles. The minimum Gasteiger partial charge on any atom is -0.456 e. The molecule has 0 N–H and O–H groups in total. The van der Waals surface area contributed by atoms with Crippen LogP contribution in [-0.4, -0.2) is 15.0 Å². The summed E-state index contributed by atoms with van der Waals surface area (Å²) in [7, 11) is 0. The Kier molecular flexibility index (Phi) is 6.01. The number of furan rings is 1. The zero-order valence-corrected chi connectivity index (χ0v) is 26.4. The molecule has 48 heavy (non-hydrogen) atoms. The van der Waals surface area contributed by atoms with Crippen LogP contribution in [0.4, 0.5) is 0 Å². The lowest BCUT2D eigenvalue weighted by Gasteiger charge is -2.10. The third kappa shape index (κ3) is 4.33. The van der Waals surface area contributed by atoms with Gasteiger partial charge >= 0.3 is 0 Å². The molecule has 0 amide bonds. The Morgan fingerprint density at radius 1 is 0.396 bits per heavy atom. The van der Waals surface area contributed by atoms with Crippen molar-refractivity contribution >= 4 is 64.2 Å². The Hall–Kier alpha value is -6.17. The Balaban J connectivity index is 1.20. The van der Waals surface area contributed by atoms with E-state index >= 15 is 0 Å². The SMILES string of the molecule is c1ccc(-c2nc(-c3ccccc3)nc(-c3ccc4c(c3)oc3cc5ccccc5c(-c5ccc6sc7ccccc7c6c5)c34)n2)cc1. The molecule has 0 unspecified atom stereocenters. The summed E-state index contributed by atoms with van der Waals surface area (Å²) in [5.74, 6) is 1.87. The number of rotatable bonds is 4. The van der Waals surface area contributed by atoms with E-state index in [1.165, 1.54) is 36.7 Å². The molecule has 3 aromatic heterocycles. The van der Waals surface area contributed by atoms with Crippen molar-refractivity contribution in [1.29, 1.82) is 0 Å². The molecule has 0 aliphatic carbocycles. The average Bonchev–Trinajstić information content (AvgIpc) is 3.71. The fourth-order valence-electron chi connectivity index (χ4n) is 6.86. The summed E-state index contributed by atoms with van der Waals surface area (Å²) in [5, 5.41) is 7.09. The fourth-order valence-corrected chi connectivity index (χ4v) is 7.95. The Bertz CT molecular complexity index is 2780. The standard InChI is InChI=1S/C43H25N3OS/c1-3-11-26(12-4-1)41-44-42(27-13-5-2-6-14-27)46-43(45-41)30-19-21-33-35(25-30)47-36-24-28-15-7-8-16-31(28)39(40(33)36)29-20-22-38-34(23-29)32-17-9-10-18-37(32)48-38/h1-25H. The number of hydrogen-bond acceptors (Lipinski definition) is 5. The van der Waals surface area contributed by atoms with Gasteiger partial charge in [0.05, 0.1) is 0 Å². The van der Waals surface area contributed by atoms with Crippen LogP contribution in [0.5, 0.6) is 0 Å². The first-order chi connectivity index (χ1) is 23.8. The maximum absolute atomic E-state index is 6.69. The number of aromatic nitrogens is 3. The lowest BCUT2D eigenvalue weighted by Crippen LogP contribution is -2.00. The highest BCUT2D eigenvalue weighted by Gasteiger charge is 2.19. The molecule has 224 valence electrons. The van der Waals surface area contributed by atoms with E-state index < -0.39 is 0 Å². The first-order valence-corrected chi connectivity index (χ1v) is 16.8. The van der Waals surface area contributed by atoms with Crippen LogP contribution in [0.3, 0.4) is 0 Å². The third-order valence-electron chi connectivity index (χ3n) is 9.11. The highest BCUT2D eigenvalue weighted by Crippen LogP contribution is 2.44. The molecular formula is C43H25N3OS. The molecule has 0 bridgehead atoms. The fraction of sp³-hybridized carbons (Fsp3) is 0. The molecule has 4 nitrogen and oxygen atoms in total. The molecule has 0 spiro atoms. The van der Waals surface area contributed by atoms with Gasteiger partial charge in [0.25, 0.3) is 0 Å². The average molecular weight is 632 g/mol. The molecular weight excluding hydrogens is 607 g/mol. The smallest absolute Gasteiger partial charge is 0.164 e. The van der Waals surface area contributed by atoms with E-state index in [9.17, 15) is 0 Å². The van der Waals surface area contributed by atoms with E-state index in [2.05, 4.69) is 91.0 Å². The molecule has 5 heteroatoms. The number of fused-ring (bicyclic) bond motifs is 7. The summed E-state index contributed by atoms with van der Waals surface area (Å²) < 4.78 is 9.28. The minimum atomic E-state index is 0.602. The van der Waals surface area contributed by atoms with E-state index in [1.54, 1.807) is 0 Å². The highest BCUT2D eigenvalue weighted by molar-refractivity contribution is 7.25. The van der Waals surface area contributed by atoms with E-state index in [0.29, 0.717) is 17.5 Å². The van der Waals surface area contributed by atoms with Gasteiger partial charge in [-0.1, -0.05) is 115 Å². The van der Waals surface area contributed by atoms with E-state index in [1.807, 2.05) is 72.0 Å². The summed E-state index contributed by atoms with van der Waals surface area (Å²) >= 11 is 1.84. The van der Waals surface area contributed by atoms with Crippen LogP contribution in [0.15, 0.2) is 156 Å². The normalized spacial score (nSPS) is 11.8. The van der Waals surface area contributed by atoms with Crippen molar-refractivity contribution in [3.63, 3.8) is 0 Å². The topological polar surface area (TPSA) is 51.8 Å². The number of thiophene rings is 1. The number of hydrogen-bond donors (Lipinski definition) is 0. The summed E-state index contributed by atoms with van der Waals surface area (Å²) in [6.45, 7) is 0. The van der Waals surface area contributed by atoms with Crippen molar-refractivity contribution in [1.82, 2.24) is 15.0 Å². The molecule has 0 saturated heterocycles. The van der Waals surface area contributed by atoms with Crippen molar-refractivity contribution in [3.05, 3.63) is 152 Å². The molecule has 7 aromatic carbocycles. The molecule has 0 saturated carbocycles. The first-order valence-electron chi connectivity index (χ1n) is 15.9. The minimum absolute atomic E-state index is 0.602. The van der Waals surface area contributed by atoms with E-state index in [0.717, 1.165) is 44.0 Å². The highest BCUT2D eigenvalue weighted by atomic mass is 32.1. The lowest BCUT2D eigenvalue weighted by atomic mass is 9.92.